The number of ether oxygens (including phenoxy) is 2. The monoisotopic (exact) mass is 591 g/mol. The van der Waals surface area contributed by atoms with Crippen LogP contribution in [0.25, 0.3) is 0 Å². The van der Waals surface area contributed by atoms with Gasteiger partial charge in [-0.05, 0) is 57.9 Å². The van der Waals surface area contributed by atoms with Crippen molar-refractivity contribution < 1.29 is 27.6 Å². The number of nitro groups is 1. The molecule has 0 saturated carbocycles. The van der Waals surface area contributed by atoms with Crippen molar-refractivity contribution in [1.29, 1.82) is 0 Å². The van der Waals surface area contributed by atoms with Crippen LogP contribution in [0.4, 0.5) is 24.5 Å². The average Bonchev–Trinajstić information content (AvgIpc) is 2.78. The molecule has 7 nitrogen and oxygen atoms in total. The van der Waals surface area contributed by atoms with Gasteiger partial charge in [0.2, 0.25) is 0 Å². The summed E-state index contributed by atoms with van der Waals surface area (Å²) in [4.78, 5) is 10.3. The van der Waals surface area contributed by atoms with Crippen molar-refractivity contribution in [1.82, 2.24) is 0 Å². The van der Waals surface area contributed by atoms with Gasteiger partial charge in [-0.3, -0.25) is 15.5 Å². The fourth-order valence-electron chi connectivity index (χ4n) is 2.87. The van der Waals surface area contributed by atoms with Crippen LogP contribution in [0.2, 0.25) is 10.0 Å². The number of nitrogens with zero attached hydrogens (tertiary/aromatic N) is 2. The number of benzene rings is 3. The van der Waals surface area contributed by atoms with Crippen molar-refractivity contribution in [2.75, 3.05) is 12.5 Å². The van der Waals surface area contributed by atoms with Crippen LogP contribution >= 0.6 is 39.1 Å². The molecular formula is C22H15BrCl2F3N3O4. The number of alkyl halides is 3. The third kappa shape index (κ3) is 6.77. The molecule has 0 atom stereocenters. The Hall–Kier alpha value is -3.02. The Morgan fingerprint density at radius 1 is 1.17 bits per heavy atom. The highest BCUT2D eigenvalue weighted by Gasteiger charge is 2.33. The lowest BCUT2D eigenvalue weighted by Crippen LogP contribution is -2.06. The molecule has 3 aromatic rings. The van der Waals surface area contributed by atoms with E-state index in [1.54, 1.807) is 30.3 Å². The highest BCUT2D eigenvalue weighted by Crippen LogP contribution is 2.38. The summed E-state index contributed by atoms with van der Waals surface area (Å²) in [6.45, 7) is 0.136. The predicted octanol–water partition coefficient (Wildman–Crippen LogP) is 7.72. The summed E-state index contributed by atoms with van der Waals surface area (Å²) >= 11 is 15.5. The first-order valence-electron chi connectivity index (χ1n) is 9.58. The molecule has 0 unspecified atom stereocenters. The van der Waals surface area contributed by atoms with E-state index in [4.69, 9.17) is 32.7 Å². The van der Waals surface area contributed by atoms with E-state index in [9.17, 15) is 23.3 Å². The number of hydrogen-bond donors (Lipinski definition) is 1. The molecule has 184 valence electrons. The van der Waals surface area contributed by atoms with Gasteiger partial charge < -0.3 is 9.47 Å². The Morgan fingerprint density at radius 3 is 2.54 bits per heavy atom. The van der Waals surface area contributed by atoms with Crippen LogP contribution in [0.5, 0.6) is 11.5 Å². The van der Waals surface area contributed by atoms with Crippen LogP contribution in [0, 0.1) is 10.1 Å². The van der Waals surface area contributed by atoms with E-state index < -0.39 is 22.4 Å². The Morgan fingerprint density at radius 2 is 1.91 bits per heavy atom. The van der Waals surface area contributed by atoms with Crippen LogP contribution in [-0.2, 0) is 12.8 Å². The van der Waals surface area contributed by atoms with Crippen LogP contribution in [0.1, 0.15) is 16.7 Å². The summed E-state index contributed by atoms with van der Waals surface area (Å²) in [5, 5.41) is 16.0. The maximum absolute atomic E-state index is 12.9. The number of hydrazone groups is 1. The molecule has 0 aromatic heterocycles. The number of rotatable bonds is 8. The maximum atomic E-state index is 12.9. The molecule has 3 aromatic carbocycles. The Kier molecular flexibility index (Phi) is 8.47. The molecule has 0 saturated heterocycles. The van der Waals surface area contributed by atoms with Crippen molar-refractivity contribution in [3.05, 3.63) is 89.9 Å². The molecule has 13 heteroatoms. The van der Waals surface area contributed by atoms with E-state index in [0.29, 0.717) is 43.2 Å². The van der Waals surface area contributed by atoms with Crippen molar-refractivity contribution in [2.45, 2.75) is 12.8 Å². The summed E-state index contributed by atoms with van der Waals surface area (Å²) in [6, 6.07) is 10.4. The zero-order valence-electron chi connectivity index (χ0n) is 17.7. The van der Waals surface area contributed by atoms with Crippen LogP contribution in [-0.4, -0.2) is 18.2 Å². The molecule has 0 fully saturated rings. The lowest BCUT2D eigenvalue weighted by Gasteiger charge is -2.14. The van der Waals surface area contributed by atoms with Gasteiger partial charge in [-0.2, -0.15) is 18.3 Å². The van der Waals surface area contributed by atoms with E-state index in [-0.39, 0.29) is 12.3 Å². The number of halogens is 6. The first-order valence-corrected chi connectivity index (χ1v) is 11.1. The fraction of sp³-hybridized carbons (Fsp3) is 0.136. The van der Waals surface area contributed by atoms with E-state index in [0.717, 1.165) is 12.1 Å². The predicted molar refractivity (Wildman–Crippen MR) is 131 cm³/mol. The number of nitro benzene ring substituents is 1. The van der Waals surface area contributed by atoms with E-state index >= 15 is 0 Å². The Bertz CT molecular complexity index is 1290. The van der Waals surface area contributed by atoms with Gasteiger partial charge in [-0.1, -0.05) is 29.3 Å². The van der Waals surface area contributed by atoms with E-state index in [1.807, 2.05) is 0 Å². The molecule has 0 bridgehead atoms. The first kappa shape index (κ1) is 26.6. The molecule has 0 amide bonds. The molecule has 0 spiro atoms. The van der Waals surface area contributed by atoms with E-state index in [1.165, 1.54) is 13.3 Å². The van der Waals surface area contributed by atoms with Gasteiger partial charge >= 0.3 is 6.18 Å². The van der Waals surface area contributed by atoms with Crippen LogP contribution < -0.4 is 14.9 Å². The number of methoxy groups -OCH3 is 1. The zero-order chi connectivity index (χ0) is 25.8. The molecule has 3 rings (SSSR count). The largest absolute Gasteiger partial charge is 0.493 e. The molecule has 0 aliphatic carbocycles. The van der Waals surface area contributed by atoms with Crippen LogP contribution in [0.3, 0.4) is 0 Å². The third-order valence-corrected chi connectivity index (χ3v) is 5.74. The first-order chi connectivity index (χ1) is 16.5. The summed E-state index contributed by atoms with van der Waals surface area (Å²) in [6.07, 6.45) is -3.40. The van der Waals surface area contributed by atoms with Gasteiger partial charge in [0.05, 0.1) is 28.3 Å². The van der Waals surface area contributed by atoms with Gasteiger partial charge in [-0.25, -0.2) is 0 Å². The van der Waals surface area contributed by atoms with Crippen LogP contribution in [0.15, 0.2) is 58.1 Å². The molecule has 35 heavy (non-hydrogen) atoms. The minimum absolute atomic E-state index is 0.136. The number of anilines is 1. The maximum Gasteiger partial charge on any atom is 0.416 e. The van der Waals surface area contributed by atoms with Crippen molar-refractivity contribution in [3.8, 4) is 11.5 Å². The van der Waals surface area contributed by atoms with Gasteiger partial charge in [0.1, 0.15) is 12.3 Å². The summed E-state index contributed by atoms with van der Waals surface area (Å²) in [7, 11) is 1.44. The molecular weight excluding hydrogens is 578 g/mol. The standard InChI is InChI=1S/C22H15BrCl2F3N3O4/c1-34-20-7-12(6-16(23)21(20)35-11-13-2-4-15(24)9-17(13)25)10-29-30-18-5-3-14(22(26,27)28)8-19(18)31(32)33/h2-10,30H,11H2,1H3/b29-10-. The van der Waals surface area contributed by atoms with Gasteiger partial charge in [0, 0.05) is 21.7 Å². The van der Waals surface area contributed by atoms with Gasteiger partial charge in [-0.15, -0.1) is 0 Å². The SMILES string of the molecule is COc1cc(/C=N\Nc2ccc(C(F)(F)F)cc2[N+](=O)[O-])cc(Br)c1OCc1ccc(Cl)cc1Cl. The smallest absolute Gasteiger partial charge is 0.416 e. The lowest BCUT2D eigenvalue weighted by molar-refractivity contribution is -0.384. The topological polar surface area (TPSA) is 86.0 Å². The molecule has 0 heterocycles. The second-order valence-electron chi connectivity index (χ2n) is 6.92. The third-order valence-electron chi connectivity index (χ3n) is 4.56. The minimum atomic E-state index is -4.71. The molecule has 0 radical (unpaired) electrons. The Balaban J connectivity index is 1.78. The van der Waals surface area contributed by atoms with Crippen molar-refractivity contribution >= 4 is 56.7 Å². The normalized spacial score (nSPS) is 11.5. The van der Waals surface area contributed by atoms with Crippen molar-refractivity contribution in [3.63, 3.8) is 0 Å². The van der Waals surface area contributed by atoms with Gasteiger partial charge in [0.25, 0.3) is 5.69 Å². The molecule has 0 aliphatic rings. The summed E-state index contributed by atoms with van der Waals surface area (Å²) in [5.41, 5.74) is 1.51. The highest BCUT2D eigenvalue weighted by atomic mass is 79.9. The Labute approximate surface area is 215 Å². The summed E-state index contributed by atoms with van der Waals surface area (Å²) < 4.78 is 50.3. The molecule has 0 aliphatic heterocycles. The highest BCUT2D eigenvalue weighted by molar-refractivity contribution is 9.10. The summed E-state index contributed by atoms with van der Waals surface area (Å²) in [5.74, 6) is 0.744. The average molecular weight is 593 g/mol. The molecule has 1 N–H and O–H groups in total. The second-order valence-corrected chi connectivity index (χ2v) is 8.61. The number of hydrogen-bond acceptors (Lipinski definition) is 6. The zero-order valence-corrected chi connectivity index (χ0v) is 20.8. The second kappa shape index (κ2) is 11.1. The quantitative estimate of drug-likeness (QED) is 0.164. The fourth-order valence-corrected chi connectivity index (χ4v) is 3.91. The minimum Gasteiger partial charge on any atom is -0.493 e. The lowest BCUT2D eigenvalue weighted by atomic mass is 10.1. The van der Waals surface area contributed by atoms with Gasteiger partial charge in [0.15, 0.2) is 11.5 Å². The van der Waals surface area contributed by atoms with E-state index in [2.05, 4.69) is 26.5 Å². The van der Waals surface area contributed by atoms with Crippen molar-refractivity contribution in [2.24, 2.45) is 5.10 Å². The number of nitrogens with one attached hydrogen (secondary N) is 1.